The maximum absolute atomic E-state index is 12.4. The van der Waals surface area contributed by atoms with E-state index in [1.807, 2.05) is 45.0 Å². The third-order valence-electron chi connectivity index (χ3n) is 3.96. The van der Waals surface area contributed by atoms with Crippen LogP contribution in [-0.2, 0) is 4.74 Å². The van der Waals surface area contributed by atoms with Crippen LogP contribution in [-0.4, -0.2) is 28.6 Å². The highest BCUT2D eigenvalue weighted by Crippen LogP contribution is 2.35. The summed E-state index contributed by atoms with van der Waals surface area (Å²) in [4.78, 5) is 22.4. The molecule has 2 aromatic heterocycles. The predicted molar refractivity (Wildman–Crippen MR) is 113 cm³/mol. The summed E-state index contributed by atoms with van der Waals surface area (Å²) < 4.78 is 11.1. The molecule has 0 atom stereocenters. The molecule has 0 aliphatic carbocycles. The van der Waals surface area contributed by atoms with Gasteiger partial charge in [-0.15, -0.1) is 11.3 Å². The molecule has 0 saturated heterocycles. The molecule has 0 aliphatic heterocycles. The number of thiophene rings is 1. The zero-order valence-electron chi connectivity index (χ0n) is 16.8. The van der Waals surface area contributed by atoms with Crippen LogP contribution in [0.2, 0.25) is 0 Å². The van der Waals surface area contributed by atoms with Crippen LogP contribution in [0.3, 0.4) is 0 Å². The van der Waals surface area contributed by atoms with Crippen LogP contribution in [0.25, 0.3) is 10.2 Å². The van der Waals surface area contributed by atoms with Crippen LogP contribution in [0.4, 0.5) is 11.5 Å². The van der Waals surface area contributed by atoms with Gasteiger partial charge in [-0.25, -0.2) is 14.8 Å². The van der Waals surface area contributed by atoms with Crippen molar-refractivity contribution < 1.29 is 14.3 Å². The second kappa shape index (κ2) is 8.56. The average Bonchev–Trinajstić information content (AvgIpc) is 2.98. The molecule has 0 aliphatic rings. The number of nitrogens with zero attached hydrogens (tertiary/aromatic N) is 2. The number of fused-ring (bicyclic) bond motifs is 1. The van der Waals surface area contributed by atoms with Gasteiger partial charge in [-0.2, -0.15) is 0 Å². The number of aryl methyl sites for hydroxylation is 1. The minimum Gasteiger partial charge on any atom is -0.493 e. The van der Waals surface area contributed by atoms with Crippen LogP contribution in [0.15, 0.2) is 30.6 Å². The second-order valence-electron chi connectivity index (χ2n) is 7.27. The molecule has 0 fully saturated rings. The van der Waals surface area contributed by atoms with Gasteiger partial charge in [-0.3, -0.25) is 0 Å². The molecule has 1 N–H and O–H groups in total. The second-order valence-corrected chi connectivity index (χ2v) is 8.27. The summed E-state index contributed by atoms with van der Waals surface area (Å²) in [5.41, 5.74) is 1.71. The van der Waals surface area contributed by atoms with Crippen molar-refractivity contribution in [2.45, 2.75) is 40.7 Å². The highest BCUT2D eigenvalue weighted by molar-refractivity contribution is 7.20. The first-order valence-corrected chi connectivity index (χ1v) is 10.1. The minimum atomic E-state index is -0.326. The molecule has 0 spiro atoms. The molecule has 3 aromatic rings. The van der Waals surface area contributed by atoms with Crippen LogP contribution < -0.4 is 10.1 Å². The van der Waals surface area contributed by atoms with E-state index in [2.05, 4.69) is 29.1 Å². The van der Waals surface area contributed by atoms with Crippen molar-refractivity contribution in [1.82, 2.24) is 9.97 Å². The molecule has 2 heterocycles. The first-order chi connectivity index (χ1) is 13.3. The van der Waals surface area contributed by atoms with Crippen molar-refractivity contribution in [1.29, 1.82) is 0 Å². The Bertz CT molecular complexity index is 965. The number of carbonyl (C=O) groups excluding carboxylic acids is 1. The molecule has 7 heteroatoms. The molecule has 0 amide bonds. The number of esters is 1. The van der Waals surface area contributed by atoms with Gasteiger partial charge >= 0.3 is 5.97 Å². The molecular weight excluding hydrogens is 374 g/mol. The summed E-state index contributed by atoms with van der Waals surface area (Å²) in [5.74, 6) is 1.65. The van der Waals surface area contributed by atoms with E-state index < -0.39 is 0 Å². The lowest BCUT2D eigenvalue weighted by Crippen LogP contribution is -2.11. The SMILES string of the molecule is Cc1c(C(=O)OC(C)C)sc2ncnc(Nc3ccc(OCC(C)C)cc3)c12. The Labute approximate surface area is 168 Å². The molecular formula is C21H25N3O3S. The van der Waals surface area contributed by atoms with E-state index in [4.69, 9.17) is 9.47 Å². The lowest BCUT2D eigenvalue weighted by atomic mass is 10.2. The Morgan fingerprint density at radius 3 is 2.50 bits per heavy atom. The number of aromatic nitrogens is 2. The molecule has 3 rings (SSSR count). The Kier molecular flexibility index (Phi) is 6.14. The van der Waals surface area contributed by atoms with Crippen molar-refractivity contribution in [2.24, 2.45) is 5.92 Å². The average molecular weight is 400 g/mol. The smallest absolute Gasteiger partial charge is 0.348 e. The van der Waals surface area contributed by atoms with Crippen molar-refractivity contribution in [2.75, 3.05) is 11.9 Å². The van der Waals surface area contributed by atoms with Gasteiger partial charge in [0.2, 0.25) is 0 Å². The van der Waals surface area contributed by atoms with Crippen molar-refractivity contribution in [3.8, 4) is 5.75 Å². The molecule has 0 radical (unpaired) electrons. The maximum atomic E-state index is 12.4. The van der Waals surface area contributed by atoms with Crippen LogP contribution in [0, 0.1) is 12.8 Å². The number of anilines is 2. The number of carbonyl (C=O) groups is 1. The zero-order chi connectivity index (χ0) is 20.3. The highest BCUT2D eigenvalue weighted by atomic mass is 32.1. The zero-order valence-corrected chi connectivity index (χ0v) is 17.6. The van der Waals surface area contributed by atoms with E-state index in [0.29, 0.717) is 23.2 Å². The highest BCUT2D eigenvalue weighted by Gasteiger charge is 2.21. The van der Waals surface area contributed by atoms with Crippen molar-refractivity contribution >= 4 is 39.0 Å². The van der Waals surface area contributed by atoms with E-state index >= 15 is 0 Å². The fourth-order valence-electron chi connectivity index (χ4n) is 2.66. The number of nitrogens with one attached hydrogen (secondary N) is 1. The first-order valence-electron chi connectivity index (χ1n) is 9.30. The lowest BCUT2D eigenvalue weighted by molar-refractivity contribution is 0.0383. The fraction of sp³-hybridized carbons (Fsp3) is 0.381. The van der Waals surface area contributed by atoms with E-state index in [0.717, 1.165) is 27.2 Å². The van der Waals surface area contributed by atoms with E-state index in [1.165, 1.54) is 17.7 Å². The van der Waals surface area contributed by atoms with Crippen molar-refractivity contribution in [3.05, 3.63) is 41.0 Å². The molecule has 0 bridgehead atoms. The van der Waals surface area contributed by atoms with Gasteiger partial charge in [0.1, 0.15) is 27.6 Å². The third-order valence-corrected chi connectivity index (χ3v) is 5.14. The fourth-order valence-corrected chi connectivity index (χ4v) is 3.69. The van der Waals surface area contributed by atoms with Gasteiger partial charge in [0.25, 0.3) is 0 Å². The Morgan fingerprint density at radius 1 is 1.14 bits per heavy atom. The number of benzene rings is 1. The monoisotopic (exact) mass is 399 g/mol. The number of rotatable bonds is 7. The molecule has 28 heavy (non-hydrogen) atoms. The minimum absolute atomic E-state index is 0.169. The van der Waals surface area contributed by atoms with Crippen LogP contribution in [0.1, 0.15) is 42.9 Å². The van der Waals surface area contributed by atoms with Crippen LogP contribution >= 0.6 is 11.3 Å². The predicted octanol–water partition coefficient (Wildman–Crippen LogP) is 5.34. The van der Waals surface area contributed by atoms with E-state index in [9.17, 15) is 4.79 Å². The summed E-state index contributed by atoms with van der Waals surface area (Å²) in [5, 5.41) is 4.16. The van der Waals surface area contributed by atoms with Gasteiger partial charge in [0.05, 0.1) is 18.1 Å². The third kappa shape index (κ3) is 4.59. The Hall–Kier alpha value is -2.67. The Morgan fingerprint density at radius 2 is 1.86 bits per heavy atom. The van der Waals surface area contributed by atoms with E-state index in [-0.39, 0.29) is 12.1 Å². The molecule has 0 saturated carbocycles. The standard InChI is InChI=1S/C21H25N3O3S/c1-12(2)10-26-16-8-6-15(7-9-16)24-19-17-14(5)18(21(25)27-13(3)4)28-20(17)23-11-22-19/h6-9,11-13H,10H2,1-5H3,(H,22,23,24). The topological polar surface area (TPSA) is 73.3 Å². The van der Waals surface area contributed by atoms with Crippen LogP contribution in [0.5, 0.6) is 5.75 Å². The Balaban J connectivity index is 1.85. The normalized spacial score (nSPS) is 11.2. The molecule has 1 aromatic carbocycles. The quantitative estimate of drug-likeness (QED) is 0.540. The van der Waals surface area contributed by atoms with Gasteiger partial charge in [0, 0.05) is 5.69 Å². The molecule has 148 valence electrons. The summed E-state index contributed by atoms with van der Waals surface area (Å²) in [6.07, 6.45) is 1.33. The molecule has 6 nitrogen and oxygen atoms in total. The number of hydrogen-bond acceptors (Lipinski definition) is 7. The van der Waals surface area contributed by atoms with E-state index in [1.54, 1.807) is 0 Å². The van der Waals surface area contributed by atoms with Gasteiger partial charge in [-0.05, 0) is 56.5 Å². The number of hydrogen-bond donors (Lipinski definition) is 1. The maximum Gasteiger partial charge on any atom is 0.348 e. The summed E-state index contributed by atoms with van der Waals surface area (Å²) in [6.45, 7) is 10.5. The molecule has 0 unspecified atom stereocenters. The van der Waals surface area contributed by atoms with Gasteiger partial charge < -0.3 is 14.8 Å². The summed E-state index contributed by atoms with van der Waals surface area (Å²) in [7, 11) is 0. The summed E-state index contributed by atoms with van der Waals surface area (Å²) >= 11 is 1.32. The first kappa shape index (κ1) is 20.1. The van der Waals surface area contributed by atoms with Gasteiger partial charge in [0.15, 0.2) is 0 Å². The van der Waals surface area contributed by atoms with Gasteiger partial charge in [-0.1, -0.05) is 13.8 Å². The van der Waals surface area contributed by atoms with Crippen molar-refractivity contribution in [3.63, 3.8) is 0 Å². The largest absolute Gasteiger partial charge is 0.493 e. The number of ether oxygens (including phenoxy) is 2. The summed E-state index contributed by atoms with van der Waals surface area (Å²) in [6, 6.07) is 7.74. The lowest BCUT2D eigenvalue weighted by Gasteiger charge is -2.11.